The van der Waals surface area contributed by atoms with E-state index in [1.54, 1.807) is 6.92 Å². The van der Waals surface area contributed by atoms with E-state index in [0.29, 0.717) is 18.4 Å². The summed E-state index contributed by atoms with van der Waals surface area (Å²) in [6.07, 6.45) is 4.60. The molecule has 0 aromatic rings. The van der Waals surface area contributed by atoms with E-state index in [4.69, 9.17) is 4.74 Å². The lowest BCUT2D eigenvalue weighted by molar-refractivity contribution is -0.139. The maximum absolute atomic E-state index is 11.5. The summed E-state index contributed by atoms with van der Waals surface area (Å²) >= 11 is 1.31. The van der Waals surface area contributed by atoms with Gasteiger partial charge in [0.2, 0.25) is 5.91 Å². The highest BCUT2D eigenvalue weighted by Crippen LogP contribution is 2.17. The summed E-state index contributed by atoms with van der Waals surface area (Å²) in [5.41, 5.74) is 0. The van der Waals surface area contributed by atoms with Gasteiger partial charge in [-0.2, -0.15) is 0 Å². The van der Waals surface area contributed by atoms with Crippen LogP contribution in [0.5, 0.6) is 0 Å². The van der Waals surface area contributed by atoms with Gasteiger partial charge in [0.05, 0.1) is 18.1 Å². The topological polar surface area (TPSA) is 55.4 Å². The van der Waals surface area contributed by atoms with Crippen LogP contribution in [0.4, 0.5) is 0 Å². The van der Waals surface area contributed by atoms with Crippen LogP contribution in [0.15, 0.2) is 0 Å². The molecule has 1 aliphatic carbocycles. The number of ether oxygens (including phenoxy) is 1. The SMILES string of the molecule is CCOC(=O)CSCC(=O)NC1CCCC1. The van der Waals surface area contributed by atoms with Gasteiger partial charge in [-0.1, -0.05) is 12.8 Å². The molecule has 0 atom stereocenters. The number of nitrogens with one attached hydrogen (secondary N) is 1. The number of amides is 1. The van der Waals surface area contributed by atoms with Gasteiger partial charge in [0.25, 0.3) is 0 Å². The molecule has 1 saturated carbocycles. The van der Waals surface area contributed by atoms with Gasteiger partial charge in [-0.3, -0.25) is 9.59 Å². The van der Waals surface area contributed by atoms with Crippen molar-refractivity contribution in [3.05, 3.63) is 0 Å². The minimum absolute atomic E-state index is 0.0289. The number of esters is 1. The molecule has 0 saturated heterocycles. The molecule has 1 aliphatic rings. The molecule has 1 fully saturated rings. The number of hydrogen-bond donors (Lipinski definition) is 1. The molecule has 5 heteroatoms. The van der Waals surface area contributed by atoms with Crippen molar-refractivity contribution in [1.82, 2.24) is 5.32 Å². The Morgan fingerprint density at radius 2 is 2.00 bits per heavy atom. The number of hydrogen-bond acceptors (Lipinski definition) is 4. The van der Waals surface area contributed by atoms with E-state index in [2.05, 4.69) is 5.32 Å². The zero-order valence-corrected chi connectivity index (χ0v) is 10.5. The molecule has 0 spiro atoms. The van der Waals surface area contributed by atoms with Crippen LogP contribution in [0.25, 0.3) is 0 Å². The van der Waals surface area contributed by atoms with Gasteiger partial charge in [0.1, 0.15) is 0 Å². The second-order valence-corrected chi connectivity index (χ2v) is 4.83. The average Bonchev–Trinajstić information content (AvgIpc) is 2.70. The van der Waals surface area contributed by atoms with Crippen LogP contribution in [0.2, 0.25) is 0 Å². The zero-order valence-electron chi connectivity index (χ0n) is 9.66. The third kappa shape index (κ3) is 5.39. The maximum Gasteiger partial charge on any atom is 0.315 e. The van der Waals surface area contributed by atoms with Crippen LogP contribution < -0.4 is 5.32 Å². The maximum atomic E-state index is 11.5. The summed E-state index contributed by atoms with van der Waals surface area (Å²) in [5.74, 6) is 0.378. The Hall–Kier alpha value is -0.710. The summed E-state index contributed by atoms with van der Waals surface area (Å²) in [4.78, 5) is 22.4. The first-order chi connectivity index (χ1) is 7.72. The molecule has 0 bridgehead atoms. The van der Waals surface area contributed by atoms with E-state index in [0.717, 1.165) is 12.8 Å². The first-order valence-corrected chi connectivity index (χ1v) is 6.90. The second-order valence-electron chi connectivity index (χ2n) is 3.85. The van der Waals surface area contributed by atoms with E-state index in [1.807, 2.05) is 0 Å². The Morgan fingerprint density at radius 3 is 2.62 bits per heavy atom. The molecule has 0 aromatic heterocycles. The molecule has 0 aromatic carbocycles. The molecule has 0 heterocycles. The molecule has 0 aliphatic heterocycles. The fraction of sp³-hybridized carbons (Fsp3) is 0.818. The van der Waals surface area contributed by atoms with Gasteiger partial charge in [-0.05, 0) is 19.8 Å². The molecule has 1 rings (SSSR count). The molecule has 1 amide bonds. The van der Waals surface area contributed by atoms with Crippen molar-refractivity contribution in [3.8, 4) is 0 Å². The molecular formula is C11H19NO3S. The predicted octanol–water partition coefficient (Wildman–Crippen LogP) is 1.34. The Kier molecular flexibility index (Phi) is 6.30. The lowest BCUT2D eigenvalue weighted by atomic mass is 10.2. The van der Waals surface area contributed by atoms with Gasteiger partial charge in [0.15, 0.2) is 0 Å². The Balaban J connectivity index is 2.03. The van der Waals surface area contributed by atoms with Crippen molar-refractivity contribution in [1.29, 1.82) is 0 Å². The highest BCUT2D eigenvalue weighted by molar-refractivity contribution is 8.00. The van der Waals surface area contributed by atoms with E-state index in [-0.39, 0.29) is 17.6 Å². The lowest BCUT2D eigenvalue weighted by Gasteiger charge is -2.11. The highest BCUT2D eigenvalue weighted by Gasteiger charge is 2.17. The number of thioether (sulfide) groups is 1. The second kappa shape index (κ2) is 7.54. The van der Waals surface area contributed by atoms with Crippen molar-refractivity contribution < 1.29 is 14.3 Å². The summed E-state index contributed by atoms with van der Waals surface area (Å²) < 4.78 is 4.77. The summed E-state index contributed by atoms with van der Waals surface area (Å²) in [6, 6.07) is 0.357. The van der Waals surface area contributed by atoms with Gasteiger partial charge in [-0.25, -0.2) is 0 Å². The number of carbonyl (C=O) groups excluding carboxylic acids is 2. The van der Waals surface area contributed by atoms with Crippen molar-refractivity contribution in [2.45, 2.75) is 38.6 Å². The van der Waals surface area contributed by atoms with Gasteiger partial charge < -0.3 is 10.1 Å². The van der Waals surface area contributed by atoms with E-state index >= 15 is 0 Å². The van der Waals surface area contributed by atoms with E-state index in [1.165, 1.54) is 24.6 Å². The molecule has 16 heavy (non-hydrogen) atoms. The summed E-state index contributed by atoms with van der Waals surface area (Å²) in [5, 5.41) is 2.97. The Morgan fingerprint density at radius 1 is 1.31 bits per heavy atom. The van der Waals surface area contributed by atoms with Crippen molar-refractivity contribution >= 4 is 23.6 Å². The third-order valence-corrected chi connectivity index (χ3v) is 3.38. The van der Waals surface area contributed by atoms with Crippen LogP contribution in [0.3, 0.4) is 0 Å². The van der Waals surface area contributed by atoms with E-state index in [9.17, 15) is 9.59 Å². The van der Waals surface area contributed by atoms with Crippen molar-refractivity contribution in [2.75, 3.05) is 18.1 Å². The van der Waals surface area contributed by atoms with Gasteiger partial charge in [-0.15, -0.1) is 11.8 Å². The molecule has 0 unspecified atom stereocenters. The predicted molar refractivity (Wildman–Crippen MR) is 64.4 cm³/mol. The average molecular weight is 245 g/mol. The van der Waals surface area contributed by atoms with Crippen molar-refractivity contribution in [2.24, 2.45) is 0 Å². The molecule has 0 radical (unpaired) electrons. The summed E-state index contributed by atoms with van der Waals surface area (Å²) in [6.45, 7) is 2.17. The lowest BCUT2D eigenvalue weighted by Crippen LogP contribution is -2.34. The fourth-order valence-corrected chi connectivity index (χ4v) is 2.39. The summed E-state index contributed by atoms with van der Waals surface area (Å²) in [7, 11) is 0. The molecule has 4 nitrogen and oxygen atoms in total. The highest BCUT2D eigenvalue weighted by atomic mass is 32.2. The number of carbonyl (C=O) groups is 2. The Labute approximate surface area is 100 Å². The van der Waals surface area contributed by atoms with Crippen LogP contribution in [0, 0.1) is 0 Å². The molecular weight excluding hydrogens is 226 g/mol. The number of rotatable bonds is 6. The quantitative estimate of drug-likeness (QED) is 0.718. The molecule has 92 valence electrons. The normalized spacial score (nSPS) is 16.1. The van der Waals surface area contributed by atoms with Crippen LogP contribution >= 0.6 is 11.8 Å². The molecule has 1 N–H and O–H groups in total. The van der Waals surface area contributed by atoms with E-state index < -0.39 is 0 Å². The Bertz CT molecular complexity index is 239. The fourth-order valence-electron chi connectivity index (χ4n) is 1.77. The largest absolute Gasteiger partial charge is 0.465 e. The van der Waals surface area contributed by atoms with Crippen molar-refractivity contribution in [3.63, 3.8) is 0 Å². The first kappa shape index (κ1) is 13.4. The van der Waals surface area contributed by atoms with Crippen LogP contribution in [-0.4, -0.2) is 36.0 Å². The standard InChI is InChI=1S/C11H19NO3S/c1-2-15-11(14)8-16-7-10(13)12-9-5-3-4-6-9/h9H,2-8H2,1H3,(H,12,13). The third-order valence-electron chi connectivity index (χ3n) is 2.48. The minimum atomic E-state index is -0.249. The van der Waals surface area contributed by atoms with Crippen LogP contribution in [0.1, 0.15) is 32.6 Å². The smallest absolute Gasteiger partial charge is 0.315 e. The van der Waals surface area contributed by atoms with Gasteiger partial charge >= 0.3 is 5.97 Å². The zero-order chi connectivity index (χ0) is 11.8. The first-order valence-electron chi connectivity index (χ1n) is 5.75. The minimum Gasteiger partial charge on any atom is -0.465 e. The van der Waals surface area contributed by atoms with Gasteiger partial charge in [0, 0.05) is 6.04 Å². The monoisotopic (exact) mass is 245 g/mol. The van der Waals surface area contributed by atoms with Crippen LogP contribution in [-0.2, 0) is 14.3 Å².